The number of piperidine rings is 1. The number of nitrogens with one attached hydrogen (secondary N) is 1. The van der Waals surface area contributed by atoms with E-state index in [0.717, 1.165) is 19.3 Å². The predicted molar refractivity (Wildman–Crippen MR) is 109 cm³/mol. The third-order valence-corrected chi connectivity index (χ3v) is 6.61. The molecule has 1 aromatic carbocycles. The minimum absolute atomic E-state index is 0.106. The van der Waals surface area contributed by atoms with Gasteiger partial charge in [-0.25, -0.2) is 8.42 Å². The number of pyridine rings is 1. The van der Waals surface area contributed by atoms with E-state index in [0.29, 0.717) is 24.3 Å². The Labute approximate surface area is 174 Å². The van der Waals surface area contributed by atoms with Crippen LogP contribution in [0.5, 0.6) is 5.75 Å². The molecule has 30 heavy (non-hydrogen) atoms. The molecular weight excluding hydrogens is 412 g/mol. The summed E-state index contributed by atoms with van der Waals surface area (Å²) in [6.45, 7) is 2.21. The number of nitrogens with zero attached hydrogens (tertiary/aromatic N) is 3. The van der Waals surface area contributed by atoms with Crippen LogP contribution in [0.2, 0.25) is 0 Å². The van der Waals surface area contributed by atoms with Gasteiger partial charge in [-0.1, -0.05) is 12.5 Å². The molecule has 2 aromatic rings. The first-order valence-electron chi connectivity index (χ1n) is 9.42. The van der Waals surface area contributed by atoms with Crippen molar-refractivity contribution in [2.75, 3.05) is 25.0 Å². The normalized spacial score (nSPS) is 14.8. The molecule has 3 rings (SSSR count). The van der Waals surface area contributed by atoms with Crippen LogP contribution in [0.3, 0.4) is 0 Å². The summed E-state index contributed by atoms with van der Waals surface area (Å²) < 4.78 is 32.4. The number of hydrogen-bond acceptors (Lipinski definition) is 7. The van der Waals surface area contributed by atoms with Crippen molar-refractivity contribution in [1.82, 2.24) is 9.29 Å². The van der Waals surface area contributed by atoms with E-state index >= 15 is 0 Å². The quantitative estimate of drug-likeness (QED) is 0.523. The highest BCUT2D eigenvalue weighted by Gasteiger charge is 2.26. The molecule has 1 aliphatic rings. The second-order valence-corrected chi connectivity index (χ2v) is 8.80. The highest BCUT2D eigenvalue weighted by Crippen LogP contribution is 2.26. The summed E-state index contributed by atoms with van der Waals surface area (Å²) in [6.07, 6.45) is 3.91. The largest absolute Gasteiger partial charge is 0.476 e. The number of hydrogen-bond donors (Lipinski definition) is 1. The Morgan fingerprint density at radius 2 is 2.00 bits per heavy atom. The topological polar surface area (TPSA) is 132 Å². The first-order valence-corrected chi connectivity index (χ1v) is 10.9. The van der Waals surface area contributed by atoms with Crippen molar-refractivity contribution in [2.24, 2.45) is 0 Å². The number of aryl methyl sites for hydroxylation is 1. The lowest BCUT2D eigenvalue weighted by molar-refractivity contribution is -0.390. The highest BCUT2D eigenvalue weighted by molar-refractivity contribution is 7.89. The summed E-state index contributed by atoms with van der Waals surface area (Å²) in [4.78, 5) is 26.3. The fourth-order valence-corrected chi connectivity index (χ4v) is 4.66. The Balaban J connectivity index is 1.71. The van der Waals surface area contributed by atoms with E-state index in [1.165, 1.54) is 34.8 Å². The van der Waals surface area contributed by atoms with E-state index in [1.807, 2.05) is 0 Å². The Morgan fingerprint density at radius 1 is 1.27 bits per heavy atom. The molecule has 0 saturated carbocycles. The molecule has 1 N–H and O–H groups in total. The van der Waals surface area contributed by atoms with E-state index in [9.17, 15) is 23.3 Å². The minimum Gasteiger partial charge on any atom is -0.476 e. The number of aromatic nitrogens is 1. The standard InChI is InChI=1S/C19H22N4O6S/c1-14-7-8-15(30(27,28)22-10-3-2-4-11-22)12-16(14)21-18(24)13-29-17-6-5-9-20-19(17)23(25)26/h5-9,12H,2-4,10-11,13H2,1H3,(H,21,24). The second-order valence-electron chi connectivity index (χ2n) is 6.86. The fourth-order valence-electron chi connectivity index (χ4n) is 3.11. The van der Waals surface area contributed by atoms with Crippen molar-refractivity contribution >= 4 is 27.4 Å². The Hall–Kier alpha value is -3.05. The molecule has 0 radical (unpaired) electrons. The van der Waals surface area contributed by atoms with E-state index in [-0.39, 0.29) is 10.6 Å². The van der Waals surface area contributed by atoms with Crippen LogP contribution < -0.4 is 10.1 Å². The molecule has 0 spiro atoms. The lowest BCUT2D eigenvalue weighted by Gasteiger charge is -2.26. The third kappa shape index (κ3) is 4.92. The van der Waals surface area contributed by atoms with E-state index < -0.39 is 33.3 Å². The highest BCUT2D eigenvalue weighted by atomic mass is 32.2. The number of sulfonamides is 1. The average Bonchev–Trinajstić information content (AvgIpc) is 2.74. The molecule has 0 atom stereocenters. The number of nitro groups is 1. The van der Waals surface area contributed by atoms with Gasteiger partial charge in [-0.2, -0.15) is 4.31 Å². The molecule has 0 aliphatic carbocycles. The number of rotatable bonds is 7. The van der Waals surface area contributed by atoms with Gasteiger partial charge in [0.15, 0.2) is 6.61 Å². The maximum Gasteiger partial charge on any atom is 0.406 e. The summed E-state index contributed by atoms with van der Waals surface area (Å²) in [5, 5.41) is 13.6. The van der Waals surface area contributed by atoms with E-state index in [4.69, 9.17) is 4.74 Å². The summed E-state index contributed by atoms with van der Waals surface area (Å²) in [7, 11) is -3.64. The number of ether oxygens (including phenoxy) is 1. The van der Waals surface area contributed by atoms with Crippen LogP contribution in [0.25, 0.3) is 0 Å². The number of carbonyl (C=O) groups is 1. The molecule has 1 amide bonds. The zero-order valence-electron chi connectivity index (χ0n) is 16.4. The Kier molecular flexibility index (Phi) is 6.63. The molecule has 10 nitrogen and oxygen atoms in total. The van der Waals surface area contributed by atoms with Crippen LogP contribution in [-0.2, 0) is 14.8 Å². The van der Waals surface area contributed by atoms with Gasteiger partial charge in [0.1, 0.15) is 6.20 Å². The molecular formula is C19H22N4O6S. The third-order valence-electron chi connectivity index (χ3n) is 4.72. The molecule has 2 heterocycles. The Morgan fingerprint density at radius 3 is 2.70 bits per heavy atom. The molecule has 1 saturated heterocycles. The van der Waals surface area contributed by atoms with Gasteiger partial charge in [-0.05, 0) is 59.5 Å². The lowest BCUT2D eigenvalue weighted by atomic mass is 10.2. The van der Waals surface area contributed by atoms with Gasteiger partial charge in [0.25, 0.3) is 5.91 Å². The summed E-state index contributed by atoms with van der Waals surface area (Å²) in [5.41, 5.74) is 1.01. The second kappa shape index (κ2) is 9.18. The van der Waals surface area contributed by atoms with Crippen molar-refractivity contribution in [3.8, 4) is 5.75 Å². The van der Waals surface area contributed by atoms with Gasteiger partial charge < -0.3 is 20.2 Å². The summed E-state index contributed by atoms with van der Waals surface area (Å²) >= 11 is 0. The molecule has 1 fully saturated rings. The van der Waals surface area contributed by atoms with Gasteiger partial charge in [-0.3, -0.25) is 4.79 Å². The van der Waals surface area contributed by atoms with E-state index in [1.54, 1.807) is 13.0 Å². The molecule has 1 aliphatic heterocycles. The van der Waals surface area contributed by atoms with Crippen molar-refractivity contribution in [2.45, 2.75) is 31.1 Å². The number of amides is 1. The van der Waals surface area contributed by atoms with Gasteiger partial charge in [-0.15, -0.1) is 0 Å². The molecule has 160 valence electrons. The predicted octanol–water partition coefficient (Wildman–Crippen LogP) is 2.49. The van der Waals surface area contributed by atoms with Crippen LogP contribution in [0.4, 0.5) is 11.5 Å². The zero-order chi connectivity index (χ0) is 21.7. The smallest absolute Gasteiger partial charge is 0.406 e. The van der Waals surface area contributed by atoms with E-state index in [2.05, 4.69) is 10.3 Å². The molecule has 0 bridgehead atoms. The van der Waals surface area contributed by atoms with Crippen LogP contribution >= 0.6 is 0 Å². The number of anilines is 1. The van der Waals surface area contributed by atoms with Crippen molar-refractivity contribution in [3.63, 3.8) is 0 Å². The zero-order valence-corrected chi connectivity index (χ0v) is 17.2. The van der Waals surface area contributed by atoms with Crippen LogP contribution in [0.15, 0.2) is 41.4 Å². The van der Waals surface area contributed by atoms with Crippen LogP contribution in [0.1, 0.15) is 24.8 Å². The first-order chi connectivity index (χ1) is 14.3. The maximum atomic E-state index is 12.9. The summed E-state index contributed by atoms with van der Waals surface area (Å²) in [5.74, 6) is -1.20. The Bertz CT molecular complexity index is 1050. The van der Waals surface area contributed by atoms with Gasteiger partial charge in [0.2, 0.25) is 15.8 Å². The van der Waals surface area contributed by atoms with Crippen molar-refractivity contribution < 1.29 is 22.9 Å². The van der Waals surface area contributed by atoms with Crippen LogP contribution in [0, 0.1) is 17.0 Å². The molecule has 0 unspecified atom stereocenters. The number of carbonyl (C=O) groups excluding carboxylic acids is 1. The van der Waals surface area contributed by atoms with Gasteiger partial charge in [0.05, 0.1) is 4.90 Å². The molecule has 11 heteroatoms. The van der Waals surface area contributed by atoms with Crippen molar-refractivity contribution in [1.29, 1.82) is 0 Å². The lowest BCUT2D eigenvalue weighted by Crippen LogP contribution is -2.35. The SMILES string of the molecule is Cc1ccc(S(=O)(=O)N2CCCCC2)cc1NC(=O)COc1cccnc1[N+](=O)[O-]. The fraction of sp³-hybridized carbons (Fsp3) is 0.368. The average molecular weight is 434 g/mol. The minimum atomic E-state index is -3.64. The molecule has 1 aromatic heterocycles. The maximum absolute atomic E-state index is 12.9. The first kappa shape index (κ1) is 21.7. The van der Waals surface area contributed by atoms with Crippen molar-refractivity contribution in [3.05, 3.63) is 52.2 Å². The monoisotopic (exact) mass is 434 g/mol. The number of benzene rings is 1. The van der Waals surface area contributed by atoms with Crippen LogP contribution in [-0.4, -0.2) is 48.2 Å². The summed E-state index contributed by atoms with van der Waals surface area (Å²) in [6, 6.07) is 7.36. The van der Waals surface area contributed by atoms with Gasteiger partial charge in [0, 0.05) is 18.8 Å². The van der Waals surface area contributed by atoms with Gasteiger partial charge >= 0.3 is 5.82 Å².